The first kappa shape index (κ1) is 14.0. The van der Waals surface area contributed by atoms with Gasteiger partial charge in [-0.05, 0) is 12.1 Å². The van der Waals surface area contributed by atoms with Crippen molar-refractivity contribution < 1.29 is 23.8 Å². The van der Waals surface area contributed by atoms with Crippen molar-refractivity contribution in [3.05, 3.63) is 24.0 Å². The average molecular weight is 255 g/mol. The number of hydrogen-bond donors (Lipinski definition) is 2. The van der Waals surface area contributed by atoms with Crippen molar-refractivity contribution in [3.8, 4) is 5.75 Å². The molecule has 0 aliphatic carbocycles. The number of carbonyl (C=O) groups is 2. The predicted octanol–water partition coefficient (Wildman–Crippen LogP) is 1.88. The predicted molar refractivity (Wildman–Crippen MR) is 63.0 cm³/mol. The number of halogens is 1. The Kier molecular flexibility index (Phi) is 4.65. The average Bonchev–Trinajstić information content (AvgIpc) is 2.28. The normalized spacial score (nSPS) is 11.7. The van der Waals surface area contributed by atoms with Crippen molar-refractivity contribution >= 4 is 17.6 Å². The van der Waals surface area contributed by atoms with Crippen molar-refractivity contribution in [1.82, 2.24) is 0 Å². The molecule has 1 aromatic rings. The molecule has 18 heavy (non-hydrogen) atoms. The molecule has 0 fully saturated rings. The largest absolute Gasteiger partial charge is 0.495 e. The number of amides is 1. The minimum absolute atomic E-state index is 0.180. The molecule has 2 N–H and O–H groups in total. The Morgan fingerprint density at radius 3 is 2.72 bits per heavy atom. The Labute approximate surface area is 104 Å². The number of carbonyl (C=O) groups excluding carboxylic acids is 1. The third kappa shape index (κ3) is 3.73. The van der Waals surface area contributed by atoms with Crippen LogP contribution in [0.25, 0.3) is 0 Å². The maximum atomic E-state index is 13.0. The van der Waals surface area contributed by atoms with E-state index in [1.807, 2.05) is 0 Å². The van der Waals surface area contributed by atoms with Crippen LogP contribution in [0, 0.1) is 11.7 Å². The van der Waals surface area contributed by atoms with E-state index in [1.54, 1.807) is 0 Å². The van der Waals surface area contributed by atoms with Crippen LogP contribution in [0.15, 0.2) is 18.2 Å². The Hall–Kier alpha value is -2.11. The monoisotopic (exact) mass is 255 g/mol. The van der Waals surface area contributed by atoms with Crippen LogP contribution in [0.4, 0.5) is 10.1 Å². The van der Waals surface area contributed by atoms with Gasteiger partial charge in [0.1, 0.15) is 11.6 Å². The molecule has 0 aliphatic rings. The van der Waals surface area contributed by atoms with Gasteiger partial charge in [-0.15, -0.1) is 0 Å². The Morgan fingerprint density at radius 1 is 1.50 bits per heavy atom. The number of nitrogens with one attached hydrogen (secondary N) is 1. The van der Waals surface area contributed by atoms with Gasteiger partial charge in [0.15, 0.2) is 0 Å². The van der Waals surface area contributed by atoms with E-state index in [0.29, 0.717) is 5.75 Å². The second-order valence-electron chi connectivity index (χ2n) is 3.83. The molecule has 1 aromatic carbocycles. The maximum Gasteiger partial charge on any atom is 0.304 e. The zero-order valence-electron chi connectivity index (χ0n) is 10.1. The lowest BCUT2D eigenvalue weighted by Gasteiger charge is -2.13. The summed E-state index contributed by atoms with van der Waals surface area (Å²) in [5, 5.41) is 11.0. The van der Waals surface area contributed by atoms with E-state index in [-0.39, 0.29) is 12.1 Å². The van der Waals surface area contributed by atoms with Gasteiger partial charge in [0.05, 0.1) is 19.2 Å². The first-order valence-corrected chi connectivity index (χ1v) is 5.30. The molecule has 0 aliphatic heterocycles. The zero-order chi connectivity index (χ0) is 13.7. The van der Waals surface area contributed by atoms with Crippen LogP contribution < -0.4 is 10.1 Å². The maximum absolute atomic E-state index is 13.0. The van der Waals surface area contributed by atoms with Gasteiger partial charge in [-0.25, -0.2) is 4.39 Å². The van der Waals surface area contributed by atoms with E-state index in [4.69, 9.17) is 9.84 Å². The van der Waals surface area contributed by atoms with E-state index in [9.17, 15) is 14.0 Å². The molecule has 0 spiro atoms. The van der Waals surface area contributed by atoms with Gasteiger partial charge in [0.25, 0.3) is 0 Å². The highest BCUT2D eigenvalue weighted by Crippen LogP contribution is 2.25. The number of carboxylic acids is 1. The summed E-state index contributed by atoms with van der Waals surface area (Å²) in [7, 11) is 1.39. The molecule has 98 valence electrons. The molecule has 6 heteroatoms. The fraction of sp³-hybridized carbons (Fsp3) is 0.333. The second kappa shape index (κ2) is 6.00. The fourth-order valence-corrected chi connectivity index (χ4v) is 1.39. The first-order valence-electron chi connectivity index (χ1n) is 5.30. The number of hydrogen-bond acceptors (Lipinski definition) is 3. The number of carboxylic acid groups (broad SMARTS) is 1. The lowest BCUT2D eigenvalue weighted by atomic mass is 10.1. The van der Waals surface area contributed by atoms with Gasteiger partial charge >= 0.3 is 5.97 Å². The van der Waals surface area contributed by atoms with Gasteiger partial charge in [0.2, 0.25) is 5.91 Å². The summed E-state index contributed by atoms with van der Waals surface area (Å²) in [5.41, 5.74) is 0.180. The van der Waals surface area contributed by atoms with Crippen LogP contribution in [0.3, 0.4) is 0 Å². The highest BCUT2D eigenvalue weighted by Gasteiger charge is 2.18. The van der Waals surface area contributed by atoms with Gasteiger partial charge in [0, 0.05) is 12.0 Å². The molecule has 0 heterocycles. The van der Waals surface area contributed by atoms with Crippen LogP contribution in [0.5, 0.6) is 5.75 Å². The van der Waals surface area contributed by atoms with Gasteiger partial charge in [-0.1, -0.05) is 6.92 Å². The minimum Gasteiger partial charge on any atom is -0.495 e. The van der Waals surface area contributed by atoms with Crippen molar-refractivity contribution in [1.29, 1.82) is 0 Å². The molecule has 1 rings (SSSR count). The van der Waals surface area contributed by atoms with Crippen LogP contribution in [0.2, 0.25) is 0 Å². The van der Waals surface area contributed by atoms with Crippen LogP contribution >= 0.6 is 0 Å². The van der Waals surface area contributed by atoms with Gasteiger partial charge in [-0.2, -0.15) is 0 Å². The molecular weight excluding hydrogens is 241 g/mol. The number of methoxy groups -OCH3 is 1. The highest BCUT2D eigenvalue weighted by molar-refractivity contribution is 5.95. The molecule has 0 saturated carbocycles. The summed E-state index contributed by atoms with van der Waals surface area (Å²) in [4.78, 5) is 22.2. The molecule has 1 amide bonds. The van der Waals surface area contributed by atoms with E-state index in [2.05, 4.69) is 5.32 Å². The van der Waals surface area contributed by atoms with Crippen molar-refractivity contribution in [3.63, 3.8) is 0 Å². The Balaban J connectivity index is 2.80. The molecule has 0 aromatic heterocycles. The summed E-state index contributed by atoms with van der Waals surface area (Å²) in [5.74, 6) is -2.48. The third-order valence-corrected chi connectivity index (χ3v) is 2.35. The number of benzene rings is 1. The summed E-state index contributed by atoms with van der Waals surface area (Å²) in [6, 6.07) is 3.70. The fourth-order valence-electron chi connectivity index (χ4n) is 1.39. The van der Waals surface area contributed by atoms with E-state index < -0.39 is 23.6 Å². The summed E-state index contributed by atoms with van der Waals surface area (Å²) in [6.45, 7) is 1.48. The van der Waals surface area contributed by atoms with Gasteiger partial charge in [-0.3, -0.25) is 9.59 Å². The number of aliphatic carboxylic acids is 1. The SMILES string of the molecule is COc1ccc(F)cc1NC(=O)C(C)CC(=O)O. The Morgan fingerprint density at radius 2 is 2.17 bits per heavy atom. The highest BCUT2D eigenvalue weighted by atomic mass is 19.1. The second-order valence-corrected chi connectivity index (χ2v) is 3.83. The Bertz CT molecular complexity index is 461. The van der Waals surface area contributed by atoms with E-state index in [0.717, 1.165) is 6.07 Å². The molecular formula is C12H14FNO4. The standard InChI is InChI=1S/C12H14FNO4/c1-7(5-11(15)16)12(17)14-9-6-8(13)3-4-10(9)18-2/h3-4,6-7H,5H2,1-2H3,(H,14,17)(H,15,16). The topological polar surface area (TPSA) is 75.6 Å². The van der Waals surface area contributed by atoms with Crippen LogP contribution in [-0.2, 0) is 9.59 Å². The minimum atomic E-state index is -1.07. The molecule has 0 radical (unpaired) electrons. The zero-order valence-corrected chi connectivity index (χ0v) is 10.1. The summed E-state index contributed by atoms with van der Waals surface area (Å²) >= 11 is 0. The number of rotatable bonds is 5. The van der Waals surface area contributed by atoms with Crippen molar-refractivity contribution in [2.24, 2.45) is 5.92 Å². The third-order valence-electron chi connectivity index (χ3n) is 2.35. The lowest BCUT2D eigenvalue weighted by Crippen LogP contribution is -2.23. The first-order chi connectivity index (χ1) is 8.43. The molecule has 0 saturated heterocycles. The van der Waals surface area contributed by atoms with Gasteiger partial charge < -0.3 is 15.2 Å². The molecule has 1 unspecified atom stereocenters. The van der Waals surface area contributed by atoms with Crippen LogP contribution in [-0.4, -0.2) is 24.1 Å². The van der Waals surface area contributed by atoms with Crippen molar-refractivity contribution in [2.45, 2.75) is 13.3 Å². The van der Waals surface area contributed by atoms with E-state index in [1.165, 1.54) is 26.2 Å². The number of anilines is 1. The summed E-state index contributed by atoms with van der Waals surface area (Å²) < 4.78 is 18.0. The van der Waals surface area contributed by atoms with E-state index >= 15 is 0 Å². The molecule has 0 bridgehead atoms. The summed E-state index contributed by atoms with van der Waals surface area (Å²) in [6.07, 6.45) is -0.288. The van der Waals surface area contributed by atoms with Crippen molar-refractivity contribution in [2.75, 3.05) is 12.4 Å². The number of ether oxygens (including phenoxy) is 1. The lowest BCUT2D eigenvalue weighted by molar-refractivity contribution is -0.139. The molecule has 1 atom stereocenters. The van der Waals surface area contributed by atoms with Crippen LogP contribution in [0.1, 0.15) is 13.3 Å². The molecule has 5 nitrogen and oxygen atoms in total. The quantitative estimate of drug-likeness (QED) is 0.842. The smallest absolute Gasteiger partial charge is 0.304 e.